The van der Waals surface area contributed by atoms with Crippen LogP contribution in [0.2, 0.25) is 0 Å². The molecule has 2 N–H and O–H groups in total. The van der Waals surface area contributed by atoms with Crippen LogP contribution in [0.3, 0.4) is 0 Å². The van der Waals surface area contributed by atoms with E-state index in [1.54, 1.807) is 48.5 Å². The van der Waals surface area contributed by atoms with Crippen molar-refractivity contribution in [2.24, 2.45) is 0 Å². The standard InChI is InChI=1S/C17H15BrN2O4/c18-13-8-6-12(7-9-13)17(23)19-10-16(22)24-11-15(21)20-14-4-2-1-3-5-14/h1-9H,10-11H2,(H,19,23)(H,20,21). The van der Waals surface area contributed by atoms with Crippen molar-refractivity contribution in [2.75, 3.05) is 18.5 Å². The molecule has 24 heavy (non-hydrogen) atoms. The maximum Gasteiger partial charge on any atom is 0.325 e. The molecule has 0 bridgehead atoms. The maximum atomic E-state index is 11.8. The molecule has 124 valence electrons. The lowest BCUT2D eigenvalue weighted by Gasteiger charge is -2.07. The van der Waals surface area contributed by atoms with Gasteiger partial charge in [0, 0.05) is 15.7 Å². The highest BCUT2D eigenvalue weighted by Gasteiger charge is 2.11. The zero-order valence-corrected chi connectivity index (χ0v) is 14.2. The van der Waals surface area contributed by atoms with Gasteiger partial charge in [-0.05, 0) is 36.4 Å². The third-order valence-electron chi connectivity index (χ3n) is 2.92. The number of rotatable bonds is 6. The topological polar surface area (TPSA) is 84.5 Å². The van der Waals surface area contributed by atoms with Crippen LogP contribution in [0.25, 0.3) is 0 Å². The Morgan fingerprint density at radius 2 is 1.62 bits per heavy atom. The van der Waals surface area contributed by atoms with Crippen molar-refractivity contribution in [3.63, 3.8) is 0 Å². The number of carbonyl (C=O) groups excluding carboxylic acids is 3. The van der Waals surface area contributed by atoms with Crippen molar-refractivity contribution in [1.29, 1.82) is 0 Å². The third-order valence-corrected chi connectivity index (χ3v) is 3.45. The van der Waals surface area contributed by atoms with Gasteiger partial charge >= 0.3 is 5.97 Å². The molecule has 7 heteroatoms. The van der Waals surface area contributed by atoms with E-state index >= 15 is 0 Å². The highest BCUT2D eigenvalue weighted by Crippen LogP contribution is 2.10. The van der Waals surface area contributed by atoms with Crippen molar-refractivity contribution < 1.29 is 19.1 Å². The van der Waals surface area contributed by atoms with Gasteiger partial charge in [-0.25, -0.2) is 0 Å². The number of amides is 2. The van der Waals surface area contributed by atoms with Gasteiger partial charge in [-0.2, -0.15) is 0 Å². The molecule has 0 aliphatic carbocycles. The quantitative estimate of drug-likeness (QED) is 0.741. The van der Waals surface area contributed by atoms with Gasteiger partial charge in [-0.15, -0.1) is 0 Å². The molecule has 0 aromatic heterocycles. The van der Waals surface area contributed by atoms with Crippen LogP contribution in [0.1, 0.15) is 10.4 Å². The predicted molar refractivity (Wildman–Crippen MR) is 92.5 cm³/mol. The molecule has 2 amide bonds. The first-order chi connectivity index (χ1) is 11.5. The average Bonchev–Trinajstić information content (AvgIpc) is 2.59. The first kappa shape index (κ1) is 17.7. The maximum absolute atomic E-state index is 11.8. The van der Waals surface area contributed by atoms with Gasteiger partial charge in [0.25, 0.3) is 11.8 Å². The van der Waals surface area contributed by atoms with Crippen LogP contribution in [0.5, 0.6) is 0 Å². The van der Waals surface area contributed by atoms with Crippen molar-refractivity contribution in [3.05, 3.63) is 64.6 Å². The Morgan fingerprint density at radius 3 is 2.29 bits per heavy atom. The summed E-state index contributed by atoms with van der Waals surface area (Å²) >= 11 is 3.27. The number of benzene rings is 2. The molecule has 2 aromatic rings. The van der Waals surface area contributed by atoms with E-state index in [2.05, 4.69) is 26.6 Å². The molecule has 0 atom stereocenters. The van der Waals surface area contributed by atoms with Crippen LogP contribution >= 0.6 is 15.9 Å². The lowest BCUT2D eigenvalue weighted by atomic mass is 10.2. The third kappa shape index (κ3) is 5.85. The summed E-state index contributed by atoms with van der Waals surface area (Å²) in [5.74, 6) is -1.54. The highest BCUT2D eigenvalue weighted by atomic mass is 79.9. The van der Waals surface area contributed by atoms with Crippen LogP contribution in [0, 0.1) is 0 Å². The van der Waals surface area contributed by atoms with Gasteiger partial charge in [0.2, 0.25) is 0 Å². The first-order valence-corrected chi connectivity index (χ1v) is 7.88. The Labute approximate surface area is 147 Å². The summed E-state index contributed by atoms with van der Waals surface area (Å²) in [6.45, 7) is -0.727. The second kappa shape index (κ2) is 8.83. The summed E-state index contributed by atoms with van der Waals surface area (Å²) in [5.41, 5.74) is 1.04. The largest absolute Gasteiger partial charge is 0.454 e. The Hall–Kier alpha value is -2.67. The lowest BCUT2D eigenvalue weighted by molar-refractivity contribution is -0.146. The van der Waals surface area contributed by atoms with Crippen LogP contribution in [0.15, 0.2) is 59.1 Å². The van der Waals surface area contributed by atoms with E-state index in [0.717, 1.165) is 4.47 Å². The molecule has 0 spiro atoms. The zero-order valence-electron chi connectivity index (χ0n) is 12.6. The summed E-state index contributed by atoms with van der Waals surface area (Å²) in [7, 11) is 0. The number of nitrogens with one attached hydrogen (secondary N) is 2. The summed E-state index contributed by atoms with van der Waals surface area (Å²) in [5, 5.41) is 5.02. The molecule has 0 saturated heterocycles. The second-order valence-corrected chi connectivity index (χ2v) is 5.68. The van der Waals surface area contributed by atoms with Gasteiger partial charge in [0.15, 0.2) is 6.61 Å². The average molecular weight is 391 g/mol. The van der Waals surface area contributed by atoms with E-state index < -0.39 is 24.4 Å². The monoisotopic (exact) mass is 390 g/mol. The van der Waals surface area contributed by atoms with Crippen LogP contribution < -0.4 is 10.6 Å². The summed E-state index contributed by atoms with van der Waals surface area (Å²) in [6.07, 6.45) is 0. The second-order valence-electron chi connectivity index (χ2n) is 4.76. The molecule has 0 radical (unpaired) electrons. The number of carbonyl (C=O) groups is 3. The molecule has 0 unspecified atom stereocenters. The summed E-state index contributed by atoms with van der Waals surface area (Å²) < 4.78 is 5.66. The molecule has 0 fully saturated rings. The molecule has 0 aliphatic rings. The van der Waals surface area contributed by atoms with Crippen molar-refractivity contribution in [2.45, 2.75) is 0 Å². The van der Waals surface area contributed by atoms with Gasteiger partial charge < -0.3 is 15.4 Å². The molecular weight excluding hydrogens is 376 g/mol. The van der Waals surface area contributed by atoms with Gasteiger partial charge in [0.05, 0.1) is 0 Å². The van der Waals surface area contributed by atoms with Gasteiger partial charge in [-0.3, -0.25) is 14.4 Å². The molecular formula is C17H15BrN2O4. The molecule has 0 saturated carbocycles. The molecule has 0 heterocycles. The van der Waals surface area contributed by atoms with Crippen LogP contribution in [-0.2, 0) is 14.3 Å². The van der Waals surface area contributed by atoms with Crippen molar-refractivity contribution in [1.82, 2.24) is 5.32 Å². The van der Waals surface area contributed by atoms with E-state index in [4.69, 9.17) is 4.74 Å². The fourth-order valence-electron chi connectivity index (χ4n) is 1.77. The normalized spacial score (nSPS) is 9.88. The van der Waals surface area contributed by atoms with E-state index in [-0.39, 0.29) is 6.54 Å². The SMILES string of the molecule is O=C(COC(=O)CNC(=O)c1ccc(Br)cc1)Nc1ccccc1. The number of para-hydroxylation sites is 1. The van der Waals surface area contributed by atoms with E-state index in [1.807, 2.05) is 6.07 Å². The number of esters is 1. The van der Waals surface area contributed by atoms with Gasteiger partial charge in [-0.1, -0.05) is 34.1 Å². The van der Waals surface area contributed by atoms with Crippen LogP contribution in [0.4, 0.5) is 5.69 Å². The molecule has 0 aliphatic heterocycles. The van der Waals surface area contributed by atoms with Crippen molar-refractivity contribution in [3.8, 4) is 0 Å². The molecule has 2 aromatic carbocycles. The Kier molecular flexibility index (Phi) is 6.51. The fourth-order valence-corrected chi connectivity index (χ4v) is 2.04. The van der Waals surface area contributed by atoms with Gasteiger partial charge in [0.1, 0.15) is 6.54 Å². The minimum atomic E-state index is -0.691. The Balaban J connectivity index is 1.70. The van der Waals surface area contributed by atoms with E-state index in [9.17, 15) is 14.4 Å². The van der Waals surface area contributed by atoms with Crippen LogP contribution in [-0.4, -0.2) is 30.9 Å². The smallest absolute Gasteiger partial charge is 0.325 e. The number of hydrogen-bond donors (Lipinski definition) is 2. The minimum absolute atomic E-state index is 0.312. The number of anilines is 1. The number of hydrogen-bond acceptors (Lipinski definition) is 4. The highest BCUT2D eigenvalue weighted by molar-refractivity contribution is 9.10. The number of ether oxygens (including phenoxy) is 1. The molecule has 2 rings (SSSR count). The minimum Gasteiger partial charge on any atom is -0.454 e. The Morgan fingerprint density at radius 1 is 0.958 bits per heavy atom. The van der Waals surface area contributed by atoms with E-state index in [1.165, 1.54) is 0 Å². The lowest BCUT2D eigenvalue weighted by Crippen LogP contribution is -2.32. The predicted octanol–water partition coefficient (Wildman–Crippen LogP) is 2.36. The summed E-state index contributed by atoms with van der Waals surface area (Å²) in [6, 6.07) is 15.5. The number of halogens is 1. The Bertz CT molecular complexity index is 717. The fraction of sp³-hybridized carbons (Fsp3) is 0.118. The first-order valence-electron chi connectivity index (χ1n) is 7.09. The van der Waals surface area contributed by atoms with E-state index in [0.29, 0.717) is 11.3 Å². The summed E-state index contributed by atoms with van der Waals surface area (Å²) in [4.78, 5) is 35.0. The zero-order chi connectivity index (χ0) is 17.4. The van der Waals surface area contributed by atoms with Crippen molar-refractivity contribution >= 4 is 39.4 Å². The molecule has 6 nitrogen and oxygen atoms in total.